The normalized spacial score (nSPS) is 13.0. The molecule has 0 aliphatic heterocycles. The van der Waals surface area contributed by atoms with E-state index in [0.717, 1.165) is 12.1 Å². The monoisotopic (exact) mass is 316 g/mol. The van der Waals surface area contributed by atoms with Crippen LogP contribution in [0, 0.1) is 0 Å². The van der Waals surface area contributed by atoms with Crippen LogP contribution >= 0.6 is 0 Å². The molecule has 0 aliphatic rings. The maximum Gasteiger partial charge on any atom is 0.573 e. The summed E-state index contributed by atoms with van der Waals surface area (Å²) in [5, 5.41) is 0. The van der Waals surface area contributed by atoms with Gasteiger partial charge in [0.05, 0.1) is 11.9 Å². The molecule has 1 aromatic carbocycles. The molecule has 1 unspecified atom stereocenters. The predicted octanol–water partition coefficient (Wildman–Crippen LogP) is 2.61. The first-order valence-corrected chi connectivity index (χ1v) is 6.96. The molecule has 2 N–H and O–H groups in total. The first kappa shape index (κ1) is 15.6. The Morgan fingerprint density at radius 2 is 1.95 bits per heavy atom. The quantitative estimate of drug-likeness (QED) is 0.880. The lowest BCUT2D eigenvalue weighted by molar-refractivity contribution is -0.274. The van der Waals surface area contributed by atoms with Crippen LogP contribution in [0.2, 0.25) is 0 Å². The van der Waals surface area contributed by atoms with E-state index in [-0.39, 0.29) is 11.4 Å². The zero-order chi connectivity index (χ0) is 15.5. The van der Waals surface area contributed by atoms with E-state index in [1.165, 1.54) is 18.3 Å². The average Bonchev–Trinajstić information content (AvgIpc) is 2.45. The number of benzene rings is 1. The van der Waals surface area contributed by atoms with Gasteiger partial charge in [0.25, 0.3) is 0 Å². The maximum atomic E-state index is 12.3. The standard InChI is InChI=1S/C13H11F3N2O2S/c14-13(15,16)20-10-2-1-3-11(6-10)21(19)12-5-4-9(7-17)18-8-12/h1-6,8H,7,17H2. The molecule has 0 bridgehead atoms. The highest BCUT2D eigenvalue weighted by Crippen LogP contribution is 2.27. The number of rotatable bonds is 4. The van der Waals surface area contributed by atoms with Crippen molar-refractivity contribution in [1.82, 2.24) is 4.98 Å². The van der Waals surface area contributed by atoms with E-state index in [0.29, 0.717) is 10.6 Å². The van der Waals surface area contributed by atoms with Crippen molar-refractivity contribution in [2.75, 3.05) is 0 Å². The number of nitrogens with zero attached hydrogens (tertiary/aromatic N) is 1. The van der Waals surface area contributed by atoms with Crippen LogP contribution < -0.4 is 10.5 Å². The summed E-state index contributed by atoms with van der Waals surface area (Å²) < 4.78 is 52.5. The van der Waals surface area contributed by atoms with E-state index in [1.54, 1.807) is 12.1 Å². The van der Waals surface area contributed by atoms with E-state index in [4.69, 9.17) is 5.73 Å². The molecule has 21 heavy (non-hydrogen) atoms. The molecule has 0 fully saturated rings. The minimum absolute atomic E-state index is 0.194. The molecular formula is C13H11F3N2O2S. The lowest BCUT2D eigenvalue weighted by Gasteiger charge is -2.12. The lowest BCUT2D eigenvalue weighted by Crippen LogP contribution is -2.17. The summed E-state index contributed by atoms with van der Waals surface area (Å²) >= 11 is -1.65. The van der Waals surface area contributed by atoms with E-state index >= 15 is 0 Å². The van der Waals surface area contributed by atoms with E-state index in [2.05, 4.69) is 9.72 Å². The van der Waals surface area contributed by atoms with Gasteiger partial charge in [0, 0.05) is 23.8 Å². The molecule has 0 spiro atoms. The number of alkyl halides is 3. The minimum atomic E-state index is -4.79. The van der Waals surface area contributed by atoms with Gasteiger partial charge in [0.15, 0.2) is 9.79 Å². The predicted molar refractivity (Wildman–Crippen MR) is 69.9 cm³/mol. The number of halogens is 3. The fourth-order valence-electron chi connectivity index (χ4n) is 1.56. The molecule has 8 heteroatoms. The second-order valence-electron chi connectivity index (χ2n) is 3.98. The van der Waals surface area contributed by atoms with Crippen LogP contribution in [-0.4, -0.2) is 15.9 Å². The van der Waals surface area contributed by atoms with Crippen LogP contribution in [0.1, 0.15) is 5.69 Å². The number of nitrogens with two attached hydrogens (primary N) is 1. The summed E-state index contributed by atoms with van der Waals surface area (Å²) in [4.78, 5) is 4.56. The molecule has 1 aromatic heterocycles. The zero-order valence-corrected chi connectivity index (χ0v) is 11.4. The number of aromatic nitrogens is 1. The Balaban J connectivity index is 2.22. The highest BCUT2D eigenvalue weighted by molar-refractivity contribution is 7.91. The molecule has 0 saturated carbocycles. The smallest absolute Gasteiger partial charge is 0.573 e. The summed E-state index contributed by atoms with van der Waals surface area (Å²) in [5.74, 6) is -0.417. The van der Waals surface area contributed by atoms with Crippen LogP contribution in [0.15, 0.2) is 52.4 Å². The highest BCUT2D eigenvalue weighted by atomic mass is 32.2. The van der Waals surface area contributed by atoms with Crippen molar-refractivity contribution in [1.29, 1.82) is 0 Å². The van der Waals surface area contributed by atoms with Crippen molar-refractivity contribution < 1.29 is 22.5 Å². The van der Waals surface area contributed by atoms with Crippen LogP contribution in [0.25, 0.3) is 0 Å². The minimum Gasteiger partial charge on any atom is -0.606 e. The summed E-state index contributed by atoms with van der Waals surface area (Å²) in [6.07, 6.45) is -3.40. The van der Waals surface area contributed by atoms with Crippen molar-refractivity contribution in [3.05, 3.63) is 48.3 Å². The van der Waals surface area contributed by atoms with Gasteiger partial charge in [-0.15, -0.1) is 13.2 Å². The number of hydrogen-bond donors (Lipinski definition) is 1. The van der Waals surface area contributed by atoms with Crippen LogP contribution in [0.4, 0.5) is 13.2 Å². The van der Waals surface area contributed by atoms with Gasteiger partial charge in [-0.25, -0.2) is 0 Å². The lowest BCUT2D eigenvalue weighted by atomic mass is 10.3. The Morgan fingerprint density at radius 1 is 1.19 bits per heavy atom. The molecule has 112 valence electrons. The third kappa shape index (κ3) is 4.35. The maximum absolute atomic E-state index is 12.3. The summed E-state index contributed by atoms with van der Waals surface area (Å²) in [6.45, 7) is 0.252. The van der Waals surface area contributed by atoms with Gasteiger partial charge in [-0.1, -0.05) is 6.07 Å². The van der Waals surface area contributed by atoms with Gasteiger partial charge < -0.3 is 15.0 Å². The zero-order valence-electron chi connectivity index (χ0n) is 10.6. The van der Waals surface area contributed by atoms with E-state index in [9.17, 15) is 17.7 Å². The fourth-order valence-corrected chi connectivity index (χ4v) is 2.60. The second kappa shape index (κ2) is 6.33. The number of hydrogen-bond acceptors (Lipinski definition) is 4. The molecule has 0 aliphatic carbocycles. The largest absolute Gasteiger partial charge is 0.606 e. The van der Waals surface area contributed by atoms with Gasteiger partial charge in [-0.3, -0.25) is 4.98 Å². The number of pyridine rings is 1. The second-order valence-corrected chi connectivity index (χ2v) is 5.46. The third-order valence-corrected chi connectivity index (χ3v) is 3.83. The Kier molecular flexibility index (Phi) is 4.71. The SMILES string of the molecule is NCc1ccc([S+]([O-])c2cccc(OC(F)(F)F)c2)cn1. The highest BCUT2D eigenvalue weighted by Gasteiger charge is 2.31. The van der Waals surface area contributed by atoms with Crippen molar-refractivity contribution >= 4 is 11.2 Å². The molecule has 1 heterocycles. The summed E-state index contributed by atoms with van der Waals surface area (Å²) in [6, 6.07) is 8.21. The van der Waals surface area contributed by atoms with Gasteiger partial charge in [-0.05, 0) is 24.3 Å². The molecule has 0 saturated heterocycles. The molecule has 4 nitrogen and oxygen atoms in total. The Labute approximate surface area is 121 Å². The molecule has 2 aromatic rings. The van der Waals surface area contributed by atoms with Crippen molar-refractivity contribution in [2.24, 2.45) is 5.73 Å². The molecule has 0 amide bonds. The molecule has 0 radical (unpaired) electrons. The number of ether oxygens (including phenoxy) is 1. The Hall–Kier alpha value is -1.77. The van der Waals surface area contributed by atoms with Crippen LogP contribution in [0.5, 0.6) is 5.75 Å². The Bertz CT molecular complexity index is 605. The van der Waals surface area contributed by atoms with Gasteiger partial charge >= 0.3 is 6.36 Å². The van der Waals surface area contributed by atoms with Crippen molar-refractivity contribution in [2.45, 2.75) is 22.7 Å². The molecule has 1 atom stereocenters. The topological polar surface area (TPSA) is 71.2 Å². The van der Waals surface area contributed by atoms with E-state index in [1.807, 2.05) is 0 Å². The van der Waals surface area contributed by atoms with Crippen molar-refractivity contribution in [3.8, 4) is 5.75 Å². The van der Waals surface area contributed by atoms with Crippen molar-refractivity contribution in [3.63, 3.8) is 0 Å². The van der Waals surface area contributed by atoms with Gasteiger partial charge in [0.1, 0.15) is 5.75 Å². The third-order valence-electron chi connectivity index (χ3n) is 2.47. The Morgan fingerprint density at radius 3 is 2.52 bits per heavy atom. The first-order valence-electron chi connectivity index (χ1n) is 5.81. The van der Waals surface area contributed by atoms with Gasteiger partial charge in [0.2, 0.25) is 0 Å². The van der Waals surface area contributed by atoms with Crippen LogP contribution in [0.3, 0.4) is 0 Å². The summed E-state index contributed by atoms with van der Waals surface area (Å²) in [5.41, 5.74) is 6.03. The first-order chi connectivity index (χ1) is 9.89. The van der Waals surface area contributed by atoms with Gasteiger partial charge in [-0.2, -0.15) is 0 Å². The van der Waals surface area contributed by atoms with E-state index < -0.39 is 23.3 Å². The molecule has 2 rings (SSSR count). The average molecular weight is 316 g/mol. The summed E-state index contributed by atoms with van der Waals surface area (Å²) in [7, 11) is 0. The fraction of sp³-hybridized carbons (Fsp3) is 0.154. The molecular weight excluding hydrogens is 305 g/mol. The van der Waals surface area contributed by atoms with Crippen LogP contribution in [-0.2, 0) is 17.7 Å².